The van der Waals surface area contributed by atoms with Gasteiger partial charge >= 0.3 is 6.09 Å². The zero-order valence-electron chi connectivity index (χ0n) is 20.4. The van der Waals surface area contributed by atoms with E-state index in [1.165, 1.54) is 12.7 Å². The van der Waals surface area contributed by atoms with E-state index >= 15 is 0 Å². The maximum atomic E-state index is 13.4. The fourth-order valence-corrected chi connectivity index (χ4v) is 4.94. The Morgan fingerprint density at radius 2 is 2.06 bits per heavy atom. The fraction of sp³-hybridized carbons (Fsp3) is 0.720. The number of nitrogens with one attached hydrogen (secondary N) is 2. The van der Waals surface area contributed by atoms with Gasteiger partial charge in [-0.3, -0.25) is 9.78 Å². The van der Waals surface area contributed by atoms with Gasteiger partial charge in [-0.1, -0.05) is 6.07 Å². The standard InChI is InChI=1S/C25H38N4O5/c1-17(29(21-5-6-21)24(30)22-16-26-10-13-34-22)20-14-19(4-3-9-27-25(31)32-2)23(28-15-20)18-7-11-33-12-8-18/h14-15,17-18,21-22,26H,3-13,16H2,1-2H3,(H,27,31)/t17-,22+/m0/s1. The van der Waals surface area contributed by atoms with Crippen molar-refractivity contribution in [2.45, 2.75) is 69.6 Å². The number of rotatable bonds is 9. The summed E-state index contributed by atoms with van der Waals surface area (Å²) < 4.78 is 16.0. The summed E-state index contributed by atoms with van der Waals surface area (Å²) in [4.78, 5) is 31.7. The van der Waals surface area contributed by atoms with Gasteiger partial charge in [0.25, 0.3) is 5.91 Å². The van der Waals surface area contributed by atoms with E-state index in [4.69, 9.17) is 14.5 Å². The number of methoxy groups -OCH3 is 1. The van der Waals surface area contributed by atoms with Gasteiger partial charge < -0.3 is 29.7 Å². The molecular weight excluding hydrogens is 436 g/mol. The molecule has 1 aromatic heterocycles. The van der Waals surface area contributed by atoms with Crippen molar-refractivity contribution in [2.24, 2.45) is 0 Å². The minimum Gasteiger partial charge on any atom is -0.453 e. The van der Waals surface area contributed by atoms with Crippen molar-refractivity contribution in [3.8, 4) is 0 Å². The van der Waals surface area contributed by atoms with E-state index in [9.17, 15) is 9.59 Å². The van der Waals surface area contributed by atoms with E-state index in [1.807, 2.05) is 11.1 Å². The number of carbonyl (C=O) groups excluding carboxylic acids is 2. The maximum Gasteiger partial charge on any atom is 0.406 e. The summed E-state index contributed by atoms with van der Waals surface area (Å²) in [5.74, 6) is 0.448. The molecule has 188 valence electrons. The van der Waals surface area contributed by atoms with Crippen LogP contribution in [-0.4, -0.2) is 80.6 Å². The van der Waals surface area contributed by atoms with Crippen LogP contribution in [0.4, 0.5) is 4.79 Å². The second-order valence-electron chi connectivity index (χ2n) is 9.44. The Bertz CT molecular complexity index is 835. The molecule has 9 nitrogen and oxygen atoms in total. The molecule has 2 saturated heterocycles. The quantitative estimate of drug-likeness (QED) is 0.530. The molecule has 34 heavy (non-hydrogen) atoms. The highest BCUT2D eigenvalue weighted by atomic mass is 16.5. The molecule has 3 aliphatic rings. The lowest BCUT2D eigenvalue weighted by Crippen LogP contribution is -2.50. The van der Waals surface area contributed by atoms with Crippen molar-refractivity contribution >= 4 is 12.0 Å². The van der Waals surface area contributed by atoms with E-state index in [1.54, 1.807) is 0 Å². The van der Waals surface area contributed by atoms with Crippen molar-refractivity contribution in [3.05, 3.63) is 29.1 Å². The molecule has 1 aliphatic carbocycles. The number of pyridine rings is 1. The lowest BCUT2D eigenvalue weighted by Gasteiger charge is -2.34. The number of amides is 2. The van der Waals surface area contributed by atoms with Gasteiger partial charge in [0.2, 0.25) is 0 Å². The Hall–Kier alpha value is -2.23. The van der Waals surface area contributed by atoms with Gasteiger partial charge in [-0.2, -0.15) is 0 Å². The van der Waals surface area contributed by atoms with Crippen LogP contribution < -0.4 is 10.6 Å². The predicted molar refractivity (Wildman–Crippen MR) is 127 cm³/mol. The number of hydrogen-bond donors (Lipinski definition) is 2. The van der Waals surface area contributed by atoms with Gasteiger partial charge in [-0.15, -0.1) is 0 Å². The monoisotopic (exact) mass is 474 g/mol. The minimum atomic E-state index is -0.421. The molecule has 1 aromatic rings. The molecule has 2 N–H and O–H groups in total. The van der Waals surface area contributed by atoms with Crippen LogP contribution in [0, 0.1) is 0 Å². The summed E-state index contributed by atoms with van der Waals surface area (Å²) in [5, 5.41) is 6.03. The van der Waals surface area contributed by atoms with Crippen LogP contribution in [0.25, 0.3) is 0 Å². The molecule has 0 radical (unpaired) electrons. The molecule has 0 aromatic carbocycles. The number of alkyl carbamates (subject to hydrolysis) is 1. The van der Waals surface area contributed by atoms with Gasteiger partial charge in [0, 0.05) is 56.7 Å². The van der Waals surface area contributed by atoms with Crippen LogP contribution in [0.1, 0.15) is 67.8 Å². The van der Waals surface area contributed by atoms with Crippen LogP contribution in [0.15, 0.2) is 12.3 Å². The Kier molecular flexibility index (Phi) is 8.74. The summed E-state index contributed by atoms with van der Waals surface area (Å²) >= 11 is 0. The average Bonchev–Trinajstić information content (AvgIpc) is 3.72. The first-order valence-electron chi connectivity index (χ1n) is 12.6. The fourth-order valence-electron chi connectivity index (χ4n) is 4.94. The Labute approximate surface area is 201 Å². The molecule has 9 heteroatoms. The zero-order chi connectivity index (χ0) is 23.9. The van der Waals surface area contributed by atoms with Crippen LogP contribution in [0.5, 0.6) is 0 Å². The van der Waals surface area contributed by atoms with Gasteiger partial charge in [0.05, 0.1) is 19.8 Å². The first kappa shape index (κ1) is 24.9. The predicted octanol–water partition coefficient (Wildman–Crippen LogP) is 2.30. The van der Waals surface area contributed by atoms with E-state index in [0.717, 1.165) is 69.5 Å². The van der Waals surface area contributed by atoms with Gasteiger partial charge in [0.15, 0.2) is 0 Å². The topological polar surface area (TPSA) is 102 Å². The van der Waals surface area contributed by atoms with Gasteiger partial charge in [-0.05, 0) is 56.6 Å². The second kappa shape index (κ2) is 12.0. The lowest BCUT2D eigenvalue weighted by molar-refractivity contribution is -0.148. The van der Waals surface area contributed by atoms with Crippen molar-refractivity contribution in [1.29, 1.82) is 0 Å². The van der Waals surface area contributed by atoms with E-state index < -0.39 is 12.2 Å². The number of morpholine rings is 1. The third kappa shape index (κ3) is 6.25. The van der Waals surface area contributed by atoms with Crippen LogP contribution in [0.3, 0.4) is 0 Å². The number of aryl methyl sites for hydroxylation is 1. The minimum absolute atomic E-state index is 0.0690. The SMILES string of the molecule is COC(=O)NCCCc1cc([C@H](C)N(C(=O)[C@H]2CNCCO2)C2CC2)cnc1C1CCOCC1. The lowest BCUT2D eigenvalue weighted by atomic mass is 9.90. The molecule has 3 fully saturated rings. The number of carbonyl (C=O) groups is 2. The zero-order valence-corrected chi connectivity index (χ0v) is 20.4. The highest BCUT2D eigenvalue weighted by molar-refractivity contribution is 5.82. The molecule has 4 rings (SSSR count). The summed E-state index contributed by atoms with van der Waals surface area (Å²) in [6, 6.07) is 2.42. The molecule has 0 unspecified atom stereocenters. The number of aromatic nitrogens is 1. The second-order valence-corrected chi connectivity index (χ2v) is 9.44. The summed E-state index contributed by atoms with van der Waals surface area (Å²) in [7, 11) is 1.37. The summed E-state index contributed by atoms with van der Waals surface area (Å²) in [6.45, 7) is 6.07. The molecular formula is C25H38N4O5. The highest BCUT2D eigenvalue weighted by Crippen LogP contribution is 2.37. The molecule has 3 heterocycles. The average molecular weight is 475 g/mol. The normalized spacial score (nSPS) is 22.1. The molecule has 2 atom stereocenters. The number of ether oxygens (including phenoxy) is 3. The summed E-state index contributed by atoms with van der Waals surface area (Å²) in [6.07, 6.45) is 6.72. The van der Waals surface area contributed by atoms with E-state index in [0.29, 0.717) is 25.6 Å². The van der Waals surface area contributed by atoms with Gasteiger partial charge in [0.1, 0.15) is 6.10 Å². The highest BCUT2D eigenvalue weighted by Gasteiger charge is 2.40. The molecule has 1 saturated carbocycles. The van der Waals surface area contributed by atoms with Crippen molar-refractivity contribution in [3.63, 3.8) is 0 Å². The van der Waals surface area contributed by atoms with Crippen LogP contribution in [0.2, 0.25) is 0 Å². The first-order valence-corrected chi connectivity index (χ1v) is 12.6. The maximum absolute atomic E-state index is 13.4. The van der Waals surface area contributed by atoms with Gasteiger partial charge in [-0.25, -0.2) is 4.79 Å². The molecule has 0 spiro atoms. The number of nitrogens with zero attached hydrogens (tertiary/aromatic N) is 2. The van der Waals surface area contributed by atoms with Crippen molar-refractivity contribution in [2.75, 3.05) is 46.6 Å². The third-order valence-electron chi connectivity index (χ3n) is 7.01. The molecule has 2 aliphatic heterocycles. The van der Waals surface area contributed by atoms with E-state index in [2.05, 4.69) is 28.4 Å². The number of hydrogen-bond acceptors (Lipinski definition) is 7. The van der Waals surface area contributed by atoms with Crippen LogP contribution in [-0.2, 0) is 25.4 Å². The largest absolute Gasteiger partial charge is 0.453 e. The van der Waals surface area contributed by atoms with Crippen molar-refractivity contribution in [1.82, 2.24) is 20.5 Å². The van der Waals surface area contributed by atoms with Crippen LogP contribution >= 0.6 is 0 Å². The molecule has 0 bridgehead atoms. The summed E-state index contributed by atoms with van der Waals surface area (Å²) in [5.41, 5.74) is 3.37. The Balaban J connectivity index is 1.52. The van der Waals surface area contributed by atoms with Crippen molar-refractivity contribution < 1.29 is 23.8 Å². The smallest absolute Gasteiger partial charge is 0.406 e. The first-order chi connectivity index (χ1) is 16.6. The van der Waals surface area contributed by atoms with E-state index in [-0.39, 0.29) is 18.0 Å². The molecule has 2 amide bonds. The Morgan fingerprint density at radius 3 is 2.74 bits per heavy atom. The third-order valence-corrected chi connectivity index (χ3v) is 7.01. The Morgan fingerprint density at radius 1 is 1.26 bits per heavy atom.